The number of nitrogens with two attached hydrogens (primary N) is 3. The maximum atomic E-state index is 13.2. The van der Waals surface area contributed by atoms with Crippen LogP contribution in [0.4, 0.5) is 0 Å². The Hall–Kier alpha value is -3.52. The zero-order valence-electron chi connectivity index (χ0n) is 22.0. The Bertz CT molecular complexity index is 1020. The third-order valence-corrected chi connectivity index (χ3v) is 7.00. The van der Waals surface area contributed by atoms with Crippen molar-refractivity contribution in [2.75, 3.05) is 25.1 Å². The summed E-state index contributed by atoms with van der Waals surface area (Å²) in [7, 11) is 0. The molecule has 216 valence electrons. The minimum Gasteiger partial charge on any atom is -0.508 e. The van der Waals surface area contributed by atoms with Gasteiger partial charge in [-0.1, -0.05) is 12.1 Å². The molecule has 0 aliphatic carbocycles. The van der Waals surface area contributed by atoms with E-state index in [1.54, 1.807) is 12.1 Å². The molecule has 4 unspecified atom stereocenters. The van der Waals surface area contributed by atoms with Gasteiger partial charge in [0.2, 0.25) is 17.7 Å². The van der Waals surface area contributed by atoms with Gasteiger partial charge in [-0.25, -0.2) is 4.79 Å². The van der Waals surface area contributed by atoms with Crippen molar-refractivity contribution in [3.63, 3.8) is 0 Å². The number of carbonyl (C=O) groups excluding carboxylic acids is 3. The molecule has 1 aliphatic rings. The molecule has 2 rings (SSSR count). The highest BCUT2D eigenvalue weighted by Gasteiger charge is 2.38. The van der Waals surface area contributed by atoms with Crippen molar-refractivity contribution in [2.24, 2.45) is 22.2 Å². The maximum absolute atomic E-state index is 13.2. The molecule has 39 heavy (non-hydrogen) atoms. The van der Waals surface area contributed by atoms with Crippen LogP contribution in [0.1, 0.15) is 37.7 Å². The molecule has 0 aromatic heterocycles. The molecule has 1 saturated heterocycles. The first-order valence-electron chi connectivity index (χ1n) is 12.7. The molecule has 0 radical (unpaired) electrons. The number of phenolic OH excluding ortho intramolecular Hbond substituents is 1. The van der Waals surface area contributed by atoms with Crippen LogP contribution in [-0.4, -0.2) is 94.0 Å². The lowest BCUT2D eigenvalue weighted by Gasteiger charge is -2.28. The minimum absolute atomic E-state index is 0.102. The van der Waals surface area contributed by atoms with E-state index in [-0.39, 0.29) is 43.4 Å². The van der Waals surface area contributed by atoms with E-state index in [1.165, 1.54) is 28.8 Å². The molecule has 4 atom stereocenters. The number of aliphatic imine (C=N–C) groups is 1. The third kappa shape index (κ3) is 10.3. The number of guanidine groups is 1. The molecule has 10 N–H and O–H groups in total. The number of rotatable bonds is 15. The summed E-state index contributed by atoms with van der Waals surface area (Å²) in [5, 5.41) is 24.2. The molecule has 1 aliphatic heterocycles. The van der Waals surface area contributed by atoms with Gasteiger partial charge >= 0.3 is 5.97 Å². The predicted molar refractivity (Wildman–Crippen MR) is 149 cm³/mol. The number of thioether (sulfide) groups is 1. The smallest absolute Gasteiger partial charge is 0.326 e. The fourth-order valence-electron chi connectivity index (χ4n) is 4.30. The van der Waals surface area contributed by atoms with Crippen LogP contribution in [-0.2, 0) is 25.6 Å². The number of carboxylic acids is 1. The molecule has 3 amide bonds. The second-order valence-corrected chi connectivity index (χ2v) is 10.3. The highest BCUT2D eigenvalue weighted by atomic mass is 32.2. The Labute approximate surface area is 231 Å². The van der Waals surface area contributed by atoms with E-state index >= 15 is 0 Å². The number of benzene rings is 1. The lowest BCUT2D eigenvalue weighted by atomic mass is 10.0. The topological polar surface area (TPSA) is 226 Å². The van der Waals surface area contributed by atoms with Gasteiger partial charge in [0.15, 0.2) is 5.96 Å². The Morgan fingerprint density at radius 3 is 2.44 bits per heavy atom. The van der Waals surface area contributed by atoms with E-state index in [1.807, 2.05) is 6.26 Å². The number of hydrogen-bond acceptors (Lipinski definition) is 8. The summed E-state index contributed by atoms with van der Waals surface area (Å²) in [6, 6.07) is 2.55. The number of likely N-dealkylation sites (tertiary alicyclic amines) is 1. The fourth-order valence-corrected chi connectivity index (χ4v) is 4.77. The number of phenols is 1. The van der Waals surface area contributed by atoms with E-state index in [4.69, 9.17) is 17.2 Å². The van der Waals surface area contributed by atoms with Crippen LogP contribution in [0.15, 0.2) is 29.3 Å². The van der Waals surface area contributed by atoms with Crippen molar-refractivity contribution in [3.8, 4) is 5.75 Å². The molecule has 1 fully saturated rings. The summed E-state index contributed by atoms with van der Waals surface area (Å²) in [5.41, 5.74) is 17.5. The Morgan fingerprint density at radius 2 is 1.82 bits per heavy atom. The number of aromatic hydroxyl groups is 1. The molecule has 0 bridgehead atoms. The standard InChI is InChI=1S/C25H39N7O6S/c1-39-13-10-18(21(34)31-19(24(37)38)4-2-11-29-25(27)28)30-22(35)20-5-3-12-32(20)23(36)17(26)14-15-6-8-16(33)9-7-15/h6-9,17-20,33H,2-5,10-14,26H2,1H3,(H,30,35)(H,31,34)(H,37,38)(H4,27,28,29). The lowest BCUT2D eigenvalue weighted by molar-refractivity contribution is -0.143. The monoisotopic (exact) mass is 565 g/mol. The summed E-state index contributed by atoms with van der Waals surface area (Å²) < 4.78 is 0. The van der Waals surface area contributed by atoms with E-state index in [0.717, 1.165) is 5.56 Å². The van der Waals surface area contributed by atoms with E-state index in [0.29, 0.717) is 31.6 Å². The van der Waals surface area contributed by atoms with Gasteiger partial charge in [0, 0.05) is 13.1 Å². The lowest BCUT2D eigenvalue weighted by Crippen LogP contribution is -2.56. The first kappa shape index (κ1) is 31.7. The Kier molecular flexibility index (Phi) is 12.8. The van der Waals surface area contributed by atoms with Crippen LogP contribution in [0, 0.1) is 0 Å². The average molecular weight is 566 g/mol. The summed E-state index contributed by atoms with van der Waals surface area (Å²) in [5.74, 6) is -2.14. The van der Waals surface area contributed by atoms with Crippen molar-refractivity contribution in [2.45, 2.75) is 62.7 Å². The van der Waals surface area contributed by atoms with Crippen LogP contribution in [0.25, 0.3) is 0 Å². The van der Waals surface area contributed by atoms with Gasteiger partial charge in [-0.05, 0) is 68.2 Å². The number of aliphatic carboxylic acids is 1. The van der Waals surface area contributed by atoms with Crippen molar-refractivity contribution in [3.05, 3.63) is 29.8 Å². The van der Waals surface area contributed by atoms with Crippen molar-refractivity contribution >= 4 is 41.4 Å². The molecule has 1 aromatic rings. The van der Waals surface area contributed by atoms with Gasteiger partial charge in [-0.2, -0.15) is 11.8 Å². The summed E-state index contributed by atoms with van der Waals surface area (Å²) >= 11 is 1.48. The zero-order chi connectivity index (χ0) is 28.9. The summed E-state index contributed by atoms with van der Waals surface area (Å²) in [6.45, 7) is 0.577. The molecule has 1 heterocycles. The van der Waals surface area contributed by atoms with E-state index in [9.17, 15) is 29.4 Å². The first-order chi connectivity index (χ1) is 18.5. The molecule has 14 heteroatoms. The molecule has 1 aromatic carbocycles. The summed E-state index contributed by atoms with van der Waals surface area (Å²) in [6.07, 6.45) is 3.83. The largest absolute Gasteiger partial charge is 0.508 e. The Morgan fingerprint density at radius 1 is 1.13 bits per heavy atom. The van der Waals surface area contributed by atoms with Gasteiger partial charge < -0.3 is 42.9 Å². The van der Waals surface area contributed by atoms with Crippen LogP contribution in [0.2, 0.25) is 0 Å². The molecular weight excluding hydrogens is 526 g/mol. The van der Waals surface area contributed by atoms with E-state index in [2.05, 4.69) is 15.6 Å². The van der Waals surface area contributed by atoms with Gasteiger partial charge in [-0.3, -0.25) is 19.4 Å². The SMILES string of the molecule is CSCCC(NC(=O)C1CCCN1C(=O)C(N)Cc1ccc(O)cc1)C(=O)NC(CCCN=C(N)N)C(=O)O. The highest BCUT2D eigenvalue weighted by molar-refractivity contribution is 7.98. The number of hydrogen-bond donors (Lipinski definition) is 7. The normalized spacial score (nSPS) is 17.1. The predicted octanol–water partition coefficient (Wildman–Crippen LogP) is -0.886. The van der Waals surface area contributed by atoms with Crippen LogP contribution in [0.5, 0.6) is 5.75 Å². The molecular formula is C25H39N7O6S. The quantitative estimate of drug-likeness (QED) is 0.0788. The fraction of sp³-hybridized carbons (Fsp3) is 0.560. The van der Waals surface area contributed by atoms with E-state index < -0.39 is 42.0 Å². The number of amides is 3. The highest BCUT2D eigenvalue weighted by Crippen LogP contribution is 2.20. The number of carbonyl (C=O) groups is 4. The van der Waals surface area contributed by atoms with Crippen LogP contribution < -0.4 is 27.8 Å². The van der Waals surface area contributed by atoms with Crippen LogP contribution in [0.3, 0.4) is 0 Å². The second kappa shape index (κ2) is 15.8. The molecule has 0 spiro atoms. The van der Waals surface area contributed by atoms with Gasteiger partial charge in [0.05, 0.1) is 6.04 Å². The van der Waals surface area contributed by atoms with Crippen molar-refractivity contribution in [1.29, 1.82) is 0 Å². The average Bonchev–Trinajstić information content (AvgIpc) is 3.38. The van der Waals surface area contributed by atoms with Crippen molar-refractivity contribution in [1.82, 2.24) is 15.5 Å². The van der Waals surface area contributed by atoms with Gasteiger partial charge in [0.25, 0.3) is 0 Å². The second-order valence-electron chi connectivity index (χ2n) is 9.36. The zero-order valence-corrected chi connectivity index (χ0v) is 22.9. The number of nitrogens with zero attached hydrogens (tertiary/aromatic N) is 2. The first-order valence-corrected chi connectivity index (χ1v) is 14.1. The maximum Gasteiger partial charge on any atom is 0.326 e. The summed E-state index contributed by atoms with van der Waals surface area (Å²) in [4.78, 5) is 56.3. The minimum atomic E-state index is -1.21. The molecule has 0 saturated carbocycles. The molecule has 13 nitrogen and oxygen atoms in total. The number of carboxylic acid groups (broad SMARTS) is 1. The number of nitrogens with one attached hydrogen (secondary N) is 2. The van der Waals surface area contributed by atoms with Crippen molar-refractivity contribution < 1.29 is 29.4 Å². The Balaban J connectivity index is 2.03. The van der Waals surface area contributed by atoms with Gasteiger partial charge in [-0.15, -0.1) is 0 Å². The third-order valence-electron chi connectivity index (χ3n) is 6.35. The van der Waals surface area contributed by atoms with Crippen LogP contribution >= 0.6 is 11.8 Å². The van der Waals surface area contributed by atoms with Gasteiger partial charge in [0.1, 0.15) is 23.9 Å².